The Balaban J connectivity index is 1.87. The number of amides is 1. The highest BCUT2D eigenvalue weighted by Crippen LogP contribution is 2.27. The number of para-hydroxylation sites is 1. The van der Waals surface area contributed by atoms with Gasteiger partial charge in [0.25, 0.3) is 5.91 Å². The number of sulfonamides is 1. The fourth-order valence-corrected chi connectivity index (χ4v) is 4.46. The summed E-state index contributed by atoms with van der Waals surface area (Å²) in [5, 5.41) is 2.85. The van der Waals surface area contributed by atoms with Crippen molar-refractivity contribution in [1.82, 2.24) is 4.31 Å². The smallest absolute Gasteiger partial charge is 0.309 e. The van der Waals surface area contributed by atoms with Crippen molar-refractivity contribution >= 4 is 27.6 Å². The summed E-state index contributed by atoms with van der Waals surface area (Å²) in [4.78, 5) is 24.5. The topological polar surface area (TPSA) is 92.8 Å². The van der Waals surface area contributed by atoms with E-state index >= 15 is 0 Å². The fourth-order valence-electron chi connectivity index (χ4n) is 3.32. The Bertz CT molecular complexity index is 812. The summed E-state index contributed by atoms with van der Waals surface area (Å²) in [6.45, 7) is 7.90. The third kappa shape index (κ3) is 5.54. The molecule has 0 bridgehead atoms. The zero-order chi connectivity index (χ0) is 20.9. The number of ether oxygens (including phenoxy) is 1. The molecule has 1 aromatic carbocycles. The van der Waals surface area contributed by atoms with Crippen LogP contribution >= 0.6 is 0 Å². The van der Waals surface area contributed by atoms with E-state index in [1.807, 2.05) is 25.1 Å². The normalized spacial score (nSPS) is 16.2. The Morgan fingerprint density at radius 2 is 1.89 bits per heavy atom. The van der Waals surface area contributed by atoms with Gasteiger partial charge >= 0.3 is 5.97 Å². The average Bonchev–Trinajstić information content (AvgIpc) is 2.67. The number of benzene rings is 1. The number of anilines is 1. The largest absolute Gasteiger partial charge is 0.455 e. The first kappa shape index (κ1) is 22.4. The summed E-state index contributed by atoms with van der Waals surface area (Å²) in [7, 11) is -3.23. The van der Waals surface area contributed by atoms with Crippen molar-refractivity contribution in [1.29, 1.82) is 0 Å². The first-order valence-electron chi connectivity index (χ1n) is 9.69. The summed E-state index contributed by atoms with van der Waals surface area (Å²) in [5.74, 6) is -0.893. The summed E-state index contributed by atoms with van der Waals surface area (Å²) < 4.78 is 30.4. The molecule has 0 aromatic heterocycles. The van der Waals surface area contributed by atoms with Gasteiger partial charge in [-0.1, -0.05) is 32.0 Å². The molecule has 1 fully saturated rings. The van der Waals surface area contributed by atoms with E-state index in [1.165, 1.54) is 4.31 Å². The summed E-state index contributed by atoms with van der Waals surface area (Å²) >= 11 is 0. The molecule has 1 heterocycles. The molecule has 1 N–H and O–H groups in total. The summed E-state index contributed by atoms with van der Waals surface area (Å²) in [6.07, 6.45) is 0.823. The second-order valence-electron chi connectivity index (χ2n) is 7.42. The SMILES string of the molecule is CCS(=O)(=O)N1CCC(C(=O)OCC(=O)Nc2c(C)cccc2C(C)C)CC1. The van der Waals surface area contributed by atoms with E-state index in [4.69, 9.17) is 4.74 Å². The van der Waals surface area contributed by atoms with Crippen LogP contribution in [0.2, 0.25) is 0 Å². The number of nitrogens with zero attached hydrogens (tertiary/aromatic N) is 1. The van der Waals surface area contributed by atoms with Crippen molar-refractivity contribution in [2.24, 2.45) is 5.92 Å². The van der Waals surface area contributed by atoms with Crippen molar-refractivity contribution in [3.63, 3.8) is 0 Å². The molecular weight excluding hydrogens is 380 g/mol. The second kappa shape index (κ2) is 9.52. The van der Waals surface area contributed by atoms with Crippen LogP contribution in [0, 0.1) is 12.8 Å². The lowest BCUT2D eigenvalue weighted by molar-refractivity contribution is -0.152. The van der Waals surface area contributed by atoms with Gasteiger partial charge in [0, 0.05) is 18.8 Å². The van der Waals surface area contributed by atoms with Crippen molar-refractivity contribution in [2.45, 2.75) is 46.5 Å². The van der Waals surface area contributed by atoms with Gasteiger partial charge in [-0.05, 0) is 43.7 Å². The van der Waals surface area contributed by atoms with Crippen LogP contribution in [0.25, 0.3) is 0 Å². The number of carbonyl (C=O) groups is 2. The summed E-state index contributed by atoms with van der Waals surface area (Å²) in [6, 6.07) is 5.84. The van der Waals surface area contributed by atoms with Gasteiger partial charge in [-0.15, -0.1) is 0 Å². The molecule has 1 aliphatic rings. The van der Waals surface area contributed by atoms with Crippen molar-refractivity contribution in [3.05, 3.63) is 29.3 Å². The molecule has 1 amide bonds. The zero-order valence-electron chi connectivity index (χ0n) is 17.0. The van der Waals surface area contributed by atoms with E-state index in [9.17, 15) is 18.0 Å². The van der Waals surface area contributed by atoms with E-state index < -0.39 is 16.0 Å². The van der Waals surface area contributed by atoms with Gasteiger partial charge < -0.3 is 10.1 Å². The number of aryl methyl sites for hydroxylation is 1. The van der Waals surface area contributed by atoms with Gasteiger partial charge in [0.05, 0.1) is 11.7 Å². The standard InChI is InChI=1S/C20H30N2O5S/c1-5-28(25,26)22-11-9-16(10-12-22)20(24)27-13-18(23)21-19-15(4)7-6-8-17(19)14(2)3/h6-8,14,16H,5,9-13H2,1-4H3,(H,21,23). The maximum absolute atomic E-state index is 12.3. The Hall–Kier alpha value is -1.93. The highest BCUT2D eigenvalue weighted by molar-refractivity contribution is 7.89. The first-order valence-corrected chi connectivity index (χ1v) is 11.3. The van der Waals surface area contributed by atoms with Crippen LogP contribution in [0.4, 0.5) is 5.69 Å². The van der Waals surface area contributed by atoms with Crippen molar-refractivity contribution in [2.75, 3.05) is 30.8 Å². The monoisotopic (exact) mass is 410 g/mol. The van der Waals surface area contributed by atoms with E-state index in [0.717, 1.165) is 16.8 Å². The maximum atomic E-state index is 12.3. The van der Waals surface area contributed by atoms with Gasteiger partial charge in [-0.2, -0.15) is 0 Å². The molecule has 8 heteroatoms. The van der Waals surface area contributed by atoms with Crippen LogP contribution in [-0.4, -0.2) is 50.0 Å². The van der Waals surface area contributed by atoms with E-state index in [-0.39, 0.29) is 30.1 Å². The number of piperidine rings is 1. The third-order valence-electron chi connectivity index (χ3n) is 5.08. The van der Waals surface area contributed by atoms with Gasteiger partial charge in [0.2, 0.25) is 10.0 Å². The number of carbonyl (C=O) groups excluding carboxylic acids is 2. The Labute approximate surface area is 167 Å². The third-order valence-corrected chi connectivity index (χ3v) is 6.96. The molecule has 0 radical (unpaired) electrons. The molecule has 156 valence electrons. The molecule has 28 heavy (non-hydrogen) atoms. The Morgan fingerprint density at radius 1 is 1.25 bits per heavy atom. The number of rotatable bonds is 7. The molecule has 0 atom stereocenters. The number of nitrogens with one attached hydrogen (secondary N) is 1. The zero-order valence-corrected chi connectivity index (χ0v) is 17.8. The van der Waals surface area contributed by atoms with Gasteiger partial charge in [0.15, 0.2) is 6.61 Å². The number of hydrogen-bond donors (Lipinski definition) is 1. The molecule has 0 spiro atoms. The quantitative estimate of drug-likeness (QED) is 0.698. The fraction of sp³-hybridized carbons (Fsp3) is 0.600. The van der Waals surface area contributed by atoms with Crippen LogP contribution in [-0.2, 0) is 24.3 Å². The minimum atomic E-state index is -3.23. The minimum absolute atomic E-state index is 0.0551. The van der Waals surface area contributed by atoms with E-state index in [1.54, 1.807) is 6.92 Å². The molecule has 0 unspecified atom stereocenters. The van der Waals surface area contributed by atoms with E-state index in [2.05, 4.69) is 19.2 Å². The lowest BCUT2D eigenvalue weighted by atomic mass is 9.98. The van der Waals surface area contributed by atoms with Crippen molar-refractivity contribution < 1.29 is 22.7 Å². The van der Waals surface area contributed by atoms with Crippen LogP contribution in [0.15, 0.2) is 18.2 Å². The molecule has 0 saturated carbocycles. The number of esters is 1. The van der Waals surface area contributed by atoms with Gasteiger partial charge in [-0.25, -0.2) is 12.7 Å². The van der Waals surface area contributed by atoms with Gasteiger partial charge in [-0.3, -0.25) is 9.59 Å². The predicted molar refractivity (Wildman–Crippen MR) is 109 cm³/mol. The summed E-state index contributed by atoms with van der Waals surface area (Å²) in [5.41, 5.74) is 2.75. The molecule has 1 saturated heterocycles. The van der Waals surface area contributed by atoms with Gasteiger partial charge in [0.1, 0.15) is 0 Å². The lowest BCUT2D eigenvalue weighted by Gasteiger charge is -2.29. The predicted octanol–water partition coefficient (Wildman–Crippen LogP) is 2.66. The second-order valence-corrected chi connectivity index (χ2v) is 9.68. The van der Waals surface area contributed by atoms with Crippen LogP contribution in [0.1, 0.15) is 50.7 Å². The molecule has 2 rings (SSSR count). The molecule has 0 aliphatic carbocycles. The molecule has 1 aliphatic heterocycles. The molecule has 7 nitrogen and oxygen atoms in total. The highest BCUT2D eigenvalue weighted by Gasteiger charge is 2.31. The number of hydrogen-bond acceptors (Lipinski definition) is 5. The van der Waals surface area contributed by atoms with Crippen LogP contribution in [0.5, 0.6) is 0 Å². The van der Waals surface area contributed by atoms with E-state index in [0.29, 0.717) is 25.9 Å². The molecular formula is C20H30N2O5S. The van der Waals surface area contributed by atoms with Crippen LogP contribution < -0.4 is 5.32 Å². The van der Waals surface area contributed by atoms with Crippen LogP contribution in [0.3, 0.4) is 0 Å². The first-order chi connectivity index (χ1) is 13.2. The average molecular weight is 411 g/mol. The maximum Gasteiger partial charge on any atom is 0.309 e. The molecule has 1 aromatic rings. The highest BCUT2D eigenvalue weighted by atomic mass is 32.2. The minimum Gasteiger partial charge on any atom is -0.455 e. The van der Waals surface area contributed by atoms with Crippen molar-refractivity contribution in [3.8, 4) is 0 Å². The Kier molecular flexibility index (Phi) is 7.60. The Morgan fingerprint density at radius 3 is 2.46 bits per heavy atom. The lowest BCUT2D eigenvalue weighted by Crippen LogP contribution is -2.41.